The van der Waals surface area contributed by atoms with Gasteiger partial charge in [-0.05, 0) is 41.2 Å². The summed E-state index contributed by atoms with van der Waals surface area (Å²) in [7, 11) is -2.63. The summed E-state index contributed by atoms with van der Waals surface area (Å²) in [6, 6.07) is 37.6. The molecular formula is C50H59O5P. The second-order valence-corrected chi connectivity index (χ2v) is 15.6. The van der Waals surface area contributed by atoms with E-state index in [4.69, 9.17) is 4.52 Å². The predicted octanol–water partition coefficient (Wildman–Crippen LogP) is 13.9. The van der Waals surface area contributed by atoms with Crippen molar-refractivity contribution in [1.82, 2.24) is 0 Å². The summed E-state index contributed by atoms with van der Waals surface area (Å²) in [4.78, 5) is 46.5. The van der Waals surface area contributed by atoms with E-state index in [1.54, 1.807) is 0 Å². The molecule has 56 heavy (non-hydrogen) atoms. The maximum absolute atomic E-state index is 13.3. The lowest BCUT2D eigenvalue weighted by Crippen LogP contribution is -2.02. The Balaban J connectivity index is 1.29. The molecule has 5 aromatic carbocycles. The van der Waals surface area contributed by atoms with Gasteiger partial charge in [-0.1, -0.05) is 218 Å². The quantitative estimate of drug-likeness (QED) is 0.0351. The average molecular weight is 771 g/mol. The highest BCUT2D eigenvalue weighted by atomic mass is 31.2. The van der Waals surface area contributed by atoms with Gasteiger partial charge in [-0.3, -0.25) is 9.59 Å². The van der Waals surface area contributed by atoms with Gasteiger partial charge in [-0.2, -0.15) is 0 Å². The number of rotatable bonds is 25. The number of carbonyl (C=O) groups excluding carboxylic acids is 2. The zero-order valence-corrected chi connectivity index (χ0v) is 34.0. The van der Waals surface area contributed by atoms with Crippen LogP contribution < -0.4 is 4.52 Å². The second kappa shape index (κ2) is 23.6. The number of unbranched alkanes of at least 4 members (excludes halogenated alkanes) is 15. The molecule has 0 unspecified atom stereocenters. The van der Waals surface area contributed by atoms with Crippen LogP contribution in [0.15, 0.2) is 121 Å². The SMILES string of the molecule is CCCCCCCCCCCCCCCCCCc1c(OP(O)O)ccc(-c2ccc(C(=O)c3ccccc3)cc2)c1-c1ccc(C(=O)c2ccccc2)cc1. The lowest BCUT2D eigenvalue weighted by molar-refractivity contribution is 0.103. The monoisotopic (exact) mass is 770 g/mol. The molecular weight excluding hydrogens is 712 g/mol. The number of benzene rings is 5. The largest absolute Gasteiger partial charge is 0.427 e. The van der Waals surface area contributed by atoms with Crippen LogP contribution >= 0.6 is 8.60 Å². The van der Waals surface area contributed by atoms with Gasteiger partial charge in [-0.15, -0.1) is 0 Å². The van der Waals surface area contributed by atoms with Crippen LogP contribution in [0.5, 0.6) is 5.75 Å². The van der Waals surface area contributed by atoms with E-state index >= 15 is 0 Å². The molecule has 0 aliphatic heterocycles. The maximum atomic E-state index is 13.3. The third kappa shape index (κ3) is 13.1. The van der Waals surface area contributed by atoms with Gasteiger partial charge in [0.1, 0.15) is 5.75 Å². The molecule has 0 radical (unpaired) electrons. The fourth-order valence-corrected chi connectivity index (χ4v) is 7.92. The van der Waals surface area contributed by atoms with Gasteiger partial charge in [0.05, 0.1) is 0 Å². The zero-order chi connectivity index (χ0) is 39.4. The number of ketones is 2. The van der Waals surface area contributed by atoms with Crippen LogP contribution in [0.1, 0.15) is 147 Å². The van der Waals surface area contributed by atoms with E-state index in [0.717, 1.165) is 47.1 Å². The first-order valence-corrected chi connectivity index (χ1v) is 22.0. The van der Waals surface area contributed by atoms with Gasteiger partial charge < -0.3 is 14.3 Å². The third-order valence-electron chi connectivity index (χ3n) is 10.7. The van der Waals surface area contributed by atoms with E-state index < -0.39 is 8.60 Å². The van der Waals surface area contributed by atoms with Crippen molar-refractivity contribution in [2.45, 2.75) is 116 Å². The molecule has 0 bridgehead atoms. The molecule has 2 N–H and O–H groups in total. The molecule has 0 saturated carbocycles. The Kier molecular flexibility index (Phi) is 18.0. The molecule has 6 heteroatoms. The Bertz CT molecular complexity index is 1900. The topological polar surface area (TPSA) is 83.8 Å². The van der Waals surface area contributed by atoms with E-state index in [2.05, 4.69) is 6.92 Å². The molecule has 0 aromatic heterocycles. The van der Waals surface area contributed by atoms with Gasteiger partial charge in [0.15, 0.2) is 11.6 Å². The summed E-state index contributed by atoms with van der Waals surface area (Å²) in [5, 5.41) is 0. The van der Waals surface area contributed by atoms with Crippen molar-refractivity contribution >= 4 is 20.2 Å². The number of hydrogen-bond donors (Lipinski definition) is 2. The highest BCUT2D eigenvalue weighted by Gasteiger charge is 2.21. The van der Waals surface area contributed by atoms with Crippen molar-refractivity contribution < 1.29 is 23.9 Å². The van der Waals surface area contributed by atoms with Crippen LogP contribution in [0.25, 0.3) is 22.3 Å². The normalized spacial score (nSPS) is 11.2. The van der Waals surface area contributed by atoms with Gasteiger partial charge in [0.2, 0.25) is 0 Å². The van der Waals surface area contributed by atoms with Gasteiger partial charge in [0, 0.05) is 27.8 Å². The number of carbonyl (C=O) groups is 2. The predicted molar refractivity (Wildman–Crippen MR) is 232 cm³/mol. The Morgan fingerprint density at radius 2 is 0.857 bits per heavy atom. The molecule has 0 aliphatic rings. The molecule has 0 spiro atoms. The minimum Gasteiger partial charge on any atom is -0.427 e. The minimum absolute atomic E-state index is 0.0387. The highest BCUT2D eigenvalue weighted by Crippen LogP contribution is 2.43. The van der Waals surface area contributed by atoms with E-state index in [0.29, 0.717) is 34.4 Å². The van der Waals surface area contributed by atoms with Crippen molar-refractivity contribution in [3.8, 4) is 28.0 Å². The van der Waals surface area contributed by atoms with Crippen molar-refractivity contribution in [3.05, 3.63) is 149 Å². The van der Waals surface area contributed by atoms with E-state index in [1.807, 2.05) is 121 Å². The summed E-state index contributed by atoms with van der Waals surface area (Å²) in [6.07, 6.45) is 21.3. The van der Waals surface area contributed by atoms with Crippen LogP contribution in [0, 0.1) is 0 Å². The standard InChI is InChI=1S/C50H59O5P/c1-2-3-4-5-6-7-8-9-10-11-12-13-14-15-16-23-28-46-47(55-56(53)54)38-37-45(39-29-33-43(34-30-39)49(51)41-24-19-17-20-25-41)48(46)40-31-35-44(36-32-40)50(52)42-26-21-18-22-27-42/h17-22,24-27,29-38,53-54H,2-16,23,28H2,1H3. The molecule has 0 saturated heterocycles. The summed E-state index contributed by atoms with van der Waals surface area (Å²) in [6.45, 7) is 2.27. The van der Waals surface area contributed by atoms with Gasteiger partial charge in [0.25, 0.3) is 0 Å². The molecule has 0 amide bonds. The minimum atomic E-state index is -2.63. The van der Waals surface area contributed by atoms with Crippen molar-refractivity contribution in [2.24, 2.45) is 0 Å². The van der Waals surface area contributed by atoms with Gasteiger partial charge in [-0.25, -0.2) is 0 Å². The van der Waals surface area contributed by atoms with Crippen LogP contribution in [0.4, 0.5) is 0 Å². The molecule has 5 aromatic rings. The van der Waals surface area contributed by atoms with Crippen molar-refractivity contribution in [3.63, 3.8) is 0 Å². The van der Waals surface area contributed by atoms with Crippen LogP contribution in [-0.2, 0) is 6.42 Å². The summed E-state index contributed by atoms with van der Waals surface area (Å²) in [5.74, 6) is 0.358. The Morgan fingerprint density at radius 1 is 0.464 bits per heavy atom. The fraction of sp³-hybridized carbons (Fsp3) is 0.360. The summed E-state index contributed by atoms with van der Waals surface area (Å²) in [5.41, 5.74) is 7.02. The molecule has 0 fully saturated rings. The Morgan fingerprint density at radius 3 is 1.29 bits per heavy atom. The Labute approximate surface area is 336 Å². The van der Waals surface area contributed by atoms with E-state index in [9.17, 15) is 19.4 Å². The van der Waals surface area contributed by atoms with Crippen molar-refractivity contribution in [2.75, 3.05) is 0 Å². The first kappa shape index (κ1) is 42.7. The van der Waals surface area contributed by atoms with Crippen molar-refractivity contribution in [1.29, 1.82) is 0 Å². The van der Waals surface area contributed by atoms with Crippen LogP contribution in [0.3, 0.4) is 0 Å². The van der Waals surface area contributed by atoms with Crippen LogP contribution in [-0.4, -0.2) is 21.4 Å². The molecule has 0 atom stereocenters. The lowest BCUT2D eigenvalue weighted by Gasteiger charge is -2.20. The fourth-order valence-electron chi connectivity index (χ4n) is 7.57. The first-order chi connectivity index (χ1) is 27.5. The lowest BCUT2D eigenvalue weighted by atomic mass is 9.86. The summed E-state index contributed by atoms with van der Waals surface area (Å²) >= 11 is 0. The third-order valence-corrected chi connectivity index (χ3v) is 11.1. The van der Waals surface area contributed by atoms with Gasteiger partial charge >= 0.3 is 8.60 Å². The molecule has 0 heterocycles. The van der Waals surface area contributed by atoms with Crippen LogP contribution in [0.2, 0.25) is 0 Å². The van der Waals surface area contributed by atoms with E-state index in [-0.39, 0.29) is 11.6 Å². The van der Waals surface area contributed by atoms with E-state index in [1.165, 1.54) is 83.5 Å². The molecule has 0 aliphatic carbocycles. The highest BCUT2D eigenvalue weighted by molar-refractivity contribution is 7.39. The maximum Gasteiger partial charge on any atom is 0.391 e. The number of hydrogen-bond acceptors (Lipinski definition) is 5. The smallest absolute Gasteiger partial charge is 0.391 e. The Hall–Kier alpha value is -4.41. The summed E-state index contributed by atoms with van der Waals surface area (Å²) < 4.78 is 5.67. The second-order valence-electron chi connectivity index (χ2n) is 14.9. The molecule has 294 valence electrons. The first-order valence-electron chi connectivity index (χ1n) is 20.9. The average Bonchev–Trinajstić information content (AvgIpc) is 3.24. The molecule has 5 rings (SSSR count). The molecule has 5 nitrogen and oxygen atoms in total. The zero-order valence-electron chi connectivity index (χ0n) is 33.1.